The van der Waals surface area contributed by atoms with Gasteiger partial charge >= 0.3 is 0 Å². The second-order valence-electron chi connectivity index (χ2n) is 6.63. The van der Waals surface area contributed by atoms with Crippen LogP contribution in [0.2, 0.25) is 5.02 Å². The molecule has 0 aliphatic rings. The summed E-state index contributed by atoms with van der Waals surface area (Å²) >= 11 is 6.17. The van der Waals surface area contributed by atoms with Crippen LogP contribution in [0.25, 0.3) is 0 Å². The molecular formula is C22H21ClN4O2. The molecule has 1 amide bonds. The number of hydrazone groups is 1. The van der Waals surface area contributed by atoms with Crippen LogP contribution < -0.4 is 15.9 Å². The molecule has 0 atom stereocenters. The molecule has 0 bridgehead atoms. The average molecular weight is 409 g/mol. The molecule has 0 fully saturated rings. The van der Waals surface area contributed by atoms with E-state index in [1.807, 2.05) is 61.5 Å². The SMILES string of the molecule is CN(C)c1ccc(/C=N\NC(=O)c2cccn(Cc3ccccc3Cl)c2=O)cc1. The van der Waals surface area contributed by atoms with Gasteiger partial charge in [0.2, 0.25) is 0 Å². The molecule has 0 aliphatic heterocycles. The van der Waals surface area contributed by atoms with E-state index in [-0.39, 0.29) is 12.1 Å². The number of nitrogens with one attached hydrogen (secondary N) is 1. The largest absolute Gasteiger partial charge is 0.378 e. The summed E-state index contributed by atoms with van der Waals surface area (Å²) in [6, 6.07) is 18.1. The molecule has 2 aromatic carbocycles. The van der Waals surface area contributed by atoms with Gasteiger partial charge in [-0.25, -0.2) is 5.43 Å². The second-order valence-corrected chi connectivity index (χ2v) is 7.04. The van der Waals surface area contributed by atoms with Gasteiger partial charge in [0.25, 0.3) is 11.5 Å². The molecule has 1 aromatic heterocycles. The Morgan fingerprint density at radius 2 is 1.83 bits per heavy atom. The maximum absolute atomic E-state index is 12.7. The topological polar surface area (TPSA) is 66.7 Å². The summed E-state index contributed by atoms with van der Waals surface area (Å²) in [4.78, 5) is 27.1. The third kappa shape index (κ3) is 5.12. The minimum absolute atomic E-state index is 0.0136. The van der Waals surface area contributed by atoms with E-state index in [1.165, 1.54) is 16.8 Å². The van der Waals surface area contributed by atoms with Crippen LogP contribution in [0.5, 0.6) is 0 Å². The van der Waals surface area contributed by atoms with Gasteiger partial charge in [-0.05, 0) is 41.5 Å². The minimum atomic E-state index is -0.565. The highest BCUT2D eigenvalue weighted by atomic mass is 35.5. The van der Waals surface area contributed by atoms with Gasteiger partial charge in [-0.3, -0.25) is 9.59 Å². The Kier molecular flexibility index (Phi) is 6.46. The highest BCUT2D eigenvalue weighted by Crippen LogP contribution is 2.15. The third-order valence-electron chi connectivity index (χ3n) is 4.35. The number of hydrogen-bond donors (Lipinski definition) is 1. The van der Waals surface area contributed by atoms with Crippen molar-refractivity contribution in [3.63, 3.8) is 0 Å². The second kappa shape index (κ2) is 9.21. The van der Waals surface area contributed by atoms with Crippen LogP contribution in [0.4, 0.5) is 5.69 Å². The van der Waals surface area contributed by atoms with Crippen LogP contribution in [-0.2, 0) is 6.54 Å². The van der Waals surface area contributed by atoms with Gasteiger partial charge in [0.15, 0.2) is 0 Å². The van der Waals surface area contributed by atoms with Crippen LogP contribution >= 0.6 is 11.6 Å². The zero-order chi connectivity index (χ0) is 20.8. The Bertz CT molecular complexity index is 1090. The summed E-state index contributed by atoms with van der Waals surface area (Å²) in [6.07, 6.45) is 3.15. The predicted molar refractivity (Wildman–Crippen MR) is 117 cm³/mol. The van der Waals surface area contributed by atoms with Crippen LogP contribution in [0.1, 0.15) is 21.5 Å². The van der Waals surface area contributed by atoms with Crippen molar-refractivity contribution < 1.29 is 4.79 Å². The first-order valence-electron chi connectivity index (χ1n) is 8.99. The van der Waals surface area contributed by atoms with Crippen molar-refractivity contribution in [3.8, 4) is 0 Å². The van der Waals surface area contributed by atoms with Crippen LogP contribution in [-0.4, -0.2) is 30.8 Å². The molecule has 1 heterocycles. The Morgan fingerprint density at radius 1 is 1.10 bits per heavy atom. The lowest BCUT2D eigenvalue weighted by atomic mass is 10.2. The number of halogens is 1. The molecule has 0 radical (unpaired) electrons. The number of aromatic nitrogens is 1. The van der Waals surface area contributed by atoms with E-state index >= 15 is 0 Å². The number of carbonyl (C=O) groups excluding carboxylic acids is 1. The van der Waals surface area contributed by atoms with Crippen molar-refractivity contribution in [2.45, 2.75) is 6.54 Å². The summed E-state index contributed by atoms with van der Waals surface area (Å²) in [5.74, 6) is -0.565. The van der Waals surface area contributed by atoms with Crippen molar-refractivity contribution in [2.24, 2.45) is 5.10 Å². The van der Waals surface area contributed by atoms with Gasteiger partial charge in [0.05, 0.1) is 12.8 Å². The number of anilines is 1. The van der Waals surface area contributed by atoms with Gasteiger partial charge in [-0.15, -0.1) is 0 Å². The van der Waals surface area contributed by atoms with E-state index in [0.29, 0.717) is 5.02 Å². The predicted octanol–water partition coefficient (Wildman–Crippen LogP) is 3.38. The van der Waals surface area contributed by atoms with Crippen molar-refractivity contribution in [1.82, 2.24) is 9.99 Å². The zero-order valence-corrected chi connectivity index (χ0v) is 16.9. The summed E-state index contributed by atoms with van der Waals surface area (Å²) in [5, 5.41) is 4.52. The fourth-order valence-corrected chi connectivity index (χ4v) is 2.92. The van der Waals surface area contributed by atoms with E-state index < -0.39 is 11.5 Å². The normalized spacial score (nSPS) is 10.9. The molecule has 3 aromatic rings. The van der Waals surface area contributed by atoms with Gasteiger partial charge in [0.1, 0.15) is 5.56 Å². The van der Waals surface area contributed by atoms with E-state index in [1.54, 1.807) is 18.3 Å². The number of carbonyl (C=O) groups is 1. The van der Waals surface area contributed by atoms with Crippen LogP contribution in [0.3, 0.4) is 0 Å². The smallest absolute Gasteiger partial charge is 0.276 e. The van der Waals surface area contributed by atoms with Gasteiger partial charge in [-0.2, -0.15) is 5.10 Å². The molecule has 0 saturated heterocycles. The monoisotopic (exact) mass is 408 g/mol. The lowest BCUT2D eigenvalue weighted by Gasteiger charge is -2.11. The van der Waals surface area contributed by atoms with E-state index in [0.717, 1.165) is 16.8 Å². The highest BCUT2D eigenvalue weighted by Gasteiger charge is 2.12. The summed E-state index contributed by atoms with van der Waals surface area (Å²) in [5.41, 5.74) is 4.71. The van der Waals surface area contributed by atoms with E-state index in [2.05, 4.69) is 10.5 Å². The van der Waals surface area contributed by atoms with E-state index in [4.69, 9.17) is 11.6 Å². The molecule has 0 aliphatic carbocycles. The molecule has 6 nitrogen and oxygen atoms in total. The fraction of sp³-hybridized carbons (Fsp3) is 0.136. The molecule has 29 heavy (non-hydrogen) atoms. The third-order valence-corrected chi connectivity index (χ3v) is 4.72. The zero-order valence-electron chi connectivity index (χ0n) is 16.2. The first-order chi connectivity index (χ1) is 14.0. The Labute approximate surface area is 174 Å². The summed E-state index contributed by atoms with van der Waals surface area (Å²) in [7, 11) is 3.92. The minimum Gasteiger partial charge on any atom is -0.378 e. The first-order valence-corrected chi connectivity index (χ1v) is 9.37. The first kappa shape index (κ1) is 20.4. The Morgan fingerprint density at radius 3 is 2.52 bits per heavy atom. The van der Waals surface area contributed by atoms with Crippen molar-refractivity contribution in [1.29, 1.82) is 0 Å². The molecule has 0 saturated carbocycles. The van der Waals surface area contributed by atoms with Gasteiger partial charge in [-0.1, -0.05) is 41.9 Å². The summed E-state index contributed by atoms with van der Waals surface area (Å²) < 4.78 is 1.44. The van der Waals surface area contributed by atoms with Crippen molar-refractivity contribution >= 4 is 29.4 Å². The maximum Gasteiger partial charge on any atom is 0.276 e. The Balaban J connectivity index is 1.71. The van der Waals surface area contributed by atoms with Crippen molar-refractivity contribution in [2.75, 3.05) is 19.0 Å². The number of amides is 1. The molecule has 1 N–H and O–H groups in total. The molecule has 148 valence electrons. The fourth-order valence-electron chi connectivity index (χ4n) is 2.73. The number of benzene rings is 2. The maximum atomic E-state index is 12.7. The molecule has 0 unspecified atom stereocenters. The van der Waals surface area contributed by atoms with Gasteiger partial charge < -0.3 is 9.47 Å². The van der Waals surface area contributed by atoms with Crippen LogP contribution in [0, 0.1) is 0 Å². The highest BCUT2D eigenvalue weighted by molar-refractivity contribution is 6.31. The van der Waals surface area contributed by atoms with Crippen molar-refractivity contribution in [3.05, 3.63) is 98.9 Å². The standard InChI is InChI=1S/C22H21ClN4O2/c1-26(2)18-11-9-16(10-12-18)14-24-25-21(28)19-7-5-13-27(22(19)29)15-17-6-3-4-8-20(17)23/h3-14H,15H2,1-2H3,(H,25,28)/b24-14-. The Hall–Kier alpha value is -3.38. The molecule has 0 spiro atoms. The number of pyridine rings is 1. The van der Waals surface area contributed by atoms with Gasteiger partial charge in [0, 0.05) is 31.0 Å². The quantitative estimate of drug-likeness (QED) is 0.502. The number of nitrogens with zero attached hydrogens (tertiary/aromatic N) is 3. The number of rotatable bonds is 6. The summed E-state index contributed by atoms with van der Waals surface area (Å²) in [6.45, 7) is 0.279. The lowest BCUT2D eigenvalue weighted by molar-refractivity contribution is 0.0953. The lowest BCUT2D eigenvalue weighted by Crippen LogP contribution is -2.31. The van der Waals surface area contributed by atoms with E-state index in [9.17, 15) is 9.59 Å². The molecular weight excluding hydrogens is 388 g/mol. The van der Waals surface area contributed by atoms with Crippen LogP contribution in [0.15, 0.2) is 76.8 Å². The molecule has 3 rings (SSSR count). The number of hydrogen-bond acceptors (Lipinski definition) is 4. The molecule has 7 heteroatoms. The average Bonchev–Trinajstić information content (AvgIpc) is 2.71.